The first-order chi connectivity index (χ1) is 13.8. The van der Waals surface area contributed by atoms with E-state index in [2.05, 4.69) is 55.3 Å². The second-order valence-electron chi connectivity index (χ2n) is 7.64. The molecule has 1 aliphatic rings. The van der Waals surface area contributed by atoms with Crippen molar-refractivity contribution in [3.63, 3.8) is 0 Å². The third-order valence-corrected chi connectivity index (χ3v) is 5.60. The molecule has 1 fully saturated rings. The summed E-state index contributed by atoms with van der Waals surface area (Å²) in [5.74, 6) is 1.39. The van der Waals surface area contributed by atoms with Crippen LogP contribution in [0.1, 0.15) is 24.1 Å². The number of imidazole rings is 1. The van der Waals surface area contributed by atoms with Crippen molar-refractivity contribution >= 4 is 10.9 Å². The van der Waals surface area contributed by atoms with Gasteiger partial charge in [0.2, 0.25) is 0 Å². The SMILES string of the molecule is c1ccc2c(CN3CCC[C@@H](Cc4cncc(-c5ncc[nH]5)n4)C3)c[nH]c2c1. The molecule has 6 heteroatoms. The van der Waals surface area contributed by atoms with Gasteiger partial charge in [0.05, 0.1) is 11.9 Å². The number of nitrogens with zero attached hydrogens (tertiary/aromatic N) is 4. The third-order valence-electron chi connectivity index (χ3n) is 5.60. The molecule has 0 spiro atoms. The molecule has 2 N–H and O–H groups in total. The molecule has 4 aromatic rings. The minimum absolute atomic E-state index is 0.611. The molecule has 0 unspecified atom stereocenters. The number of aromatic amines is 2. The van der Waals surface area contributed by atoms with Gasteiger partial charge in [0.1, 0.15) is 5.69 Å². The van der Waals surface area contributed by atoms with Gasteiger partial charge in [-0.25, -0.2) is 9.97 Å². The Labute approximate surface area is 164 Å². The minimum atomic E-state index is 0.611. The number of likely N-dealkylation sites (tertiary alicyclic amines) is 1. The molecular formula is C22H24N6. The molecule has 142 valence electrons. The molecule has 0 aliphatic carbocycles. The van der Waals surface area contributed by atoms with Crippen molar-refractivity contribution in [2.75, 3.05) is 13.1 Å². The second-order valence-corrected chi connectivity index (χ2v) is 7.64. The fourth-order valence-electron chi connectivity index (χ4n) is 4.28. The molecular weight excluding hydrogens is 348 g/mol. The standard InChI is InChI=1S/C22H24N6/c1-2-6-20-19(5-1)17(11-26-20)15-28-9-3-4-16(14-28)10-18-12-23-13-21(27-18)22-24-7-8-25-22/h1-2,5-8,11-13,16,26H,3-4,9-10,14-15H2,(H,24,25)/t16-/m0/s1. The van der Waals surface area contributed by atoms with Crippen LogP contribution in [0.2, 0.25) is 0 Å². The predicted octanol–water partition coefficient (Wildman–Crippen LogP) is 3.80. The van der Waals surface area contributed by atoms with E-state index in [1.807, 2.05) is 12.4 Å². The van der Waals surface area contributed by atoms with Gasteiger partial charge < -0.3 is 9.97 Å². The lowest BCUT2D eigenvalue weighted by atomic mass is 9.93. The average Bonchev–Trinajstić information content (AvgIpc) is 3.39. The van der Waals surface area contributed by atoms with E-state index in [4.69, 9.17) is 4.98 Å². The van der Waals surface area contributed by atoms with Gasteiger partial charge in [0.15, 0.2) is 5.82 Å². The van der Waals surface area contributed by atoms with Gasteiger partial charge >= 0.3 is 0 Å². The van der Waals surface area contributed by atoms with E-state index in [1.165, 1.54) is 29.3 Å². The summed E-state index contributed by atoms with van der Waals surface area (Å²) in [5, 5.41) is 1.33. The highest BCUT2D eigenvalue weighted by Crippen LogP contribution is 2.25. The van der Waals surface area contributed by atoms with Crippen molar-refractivity contribution in [3.8, 4) is 11.5 Å². The molecule has 1 atom stereocenters. The summed E-state index contributed by atoms with van der Waals surface area (Å²) < 4.78 is 0. The Morgan fingerprint density at radius 1 is 1.14 bits per heavy atom. The van der Waals surface area contributed by atoms with Gasteiger partial charge in [-0.1, -0.05) is 18.2 Å². The van der Waals surface area contributed by atoms with Crippen LogP contribution in [0.15, 0.2) is 55.2 Å². The molecule has 1 aromatic carbocycles. The molecule has 4 heterocycles. The molecule has 5 rings (SSSR count). The van der Waals surface area contributed by atoms with Crippen LogP contribution in [-0.4, -0.2) is 42.9 Å². The van der Waals surface area contributed by atoms with E-state index in [-0.39, 0.29) is 0 Å². The van der Waals surface area contributed by atoms with E-state index in [0.29, 0.717) is 5.92 Å². The summed E-state index contributed by atoms with van der Waals surface area (Å²) >= 11 is 0. The van der Waals surface area contributed by atoms with E-state index in [0.717, 1.165) is 43.3 Å². The minimum Gasteiger partial charge on any atom is -0.361 e. The number of hydrogen-bond acceptors (Lipinski definition) is 4. The highest BCUT2D eigenvalue weighted by atomic mass is 15.1. The van der Waals surface area contributed by atoms with Gasteiger partial charge in [-0.05, 0) is 43.4 Å². The summed E-state index contributed by atoms with van der Waals surface area (Å²) in [6, 6.07) is 8.54. The largest absolute Gasteiger partial charge is 0.361 e. The van der Waals surface area contributed by atoms with Crippen LogP contribution in [0.3, 0.4) is 0 Å². The summed E-state index contributed by atoms with van der Waals surface area (Å²) in [6.45, 7) is 3.26. The molecule has 28 heavy (non-hydrogen) atoms. The number of nitrogens with one attached hydrogen (secondary N) is 2. The number of rotatable bonds is 5. The van der Waals surface area contributed by atoms with Crippen molar-refractivity contribution in [2.45, 2.75) is 25.8 Å². The zero-order chi connectivity index (χ0) is 18.8. The second kappa shape index (κ2) is 7.56. The highest BCUT2D eigenvalue weighted by Gasteiger charge is 2.22. The quantitative estimate of drug-likeness (QED) is 0.559. The molecule has 0 bridgehead atoms. The van der Waals surface area contributed by atoms with Crippen molar-refractivity contribution in [1.82, 2.24) is 29.8 Å². The number of fused-ring (bicyclic) bond motifs is 1. The van der Waals surface area contributed by atoms with Crippen molar-refractivity contribution < 1.29 is 0 Å². The van der Waals surface area contributed by atoms with Gasteiger partial charge in [-0.2, -0.15) is 0 Å². The Morgan fingerprint density at radius 2 is 2.11 bits per heavy atom. The Morgan fingerprint density at radius 3 is 3.04 bits per heavy atom. The smallest absolute Gasteiger partial charge is 0.157 e. The van der Waals surface area contributed by atoms with Crippen LogP contribution < -0.4 is 0 Å². The zero-order valence-corrected chi connectivity index (χ0v) is 15.8. The summed E-state index contributed by atoms with van der Waals surface area (Å²) in [5.41, 5.74) is 4.47. The fraction of sp³-hybridized carbons (Fsp3) is 0.318. The fourth-order valence-corrected chi connectivity index (χ4v) is 4.28. The number of piperidine rings is 1. The molecule has 0 radical (unpaired) electrons. The maximum absolute atomic E-state index is 4.77. The van der Waals surface area contributed by atoms with Crippen LogP contribution in [0.4, 0.5) is 0 Å². The van der Waals surface area contributed by atoms with Gasteiger partial charge in [-0.3, -0.25) is 9.88 Å². The lowest BCUT2D eigenvalue weighted by Gasteiger charge is -2.32. The third kappa shape index (κ3) is 3.55. The molecule has 1 saturated heterocycles. The number of para-hydroxylation sites is 1. The first-order valence-corrected chi connectivity index (χ1v) is 9.93. The first-order valence-electron chi connectivity index (χ1n) is 9.93. The lowest BCUT2D eigenvalue weighted by Crippen LogP contribution is -2.35. The zero-order valence-electron chi connectivity index (χ0n) is 15.8. The molecule has 3 aromatic heterocycles. The number of H-pyrrole nitrogens is 2. The predicted molar refractivity (Wildman–Crippen MR) is 110 cm³/mol. The number of hydrogen-bond donors (Lipinski definition) is 2. The van der Waals surface area contributed by atoms with Crippen molar-refractivity contribution in [1.29, 1.82) is 0 Å². The van der Waals surface area contributed by atoms with Gasteiger partial charge in [0, 0.05) is 48.8 Å². The lowest BCUT2D eigenvalue weighted by molar-refractivity contribution is 0.167. The van der Waals surface area contributed by atoms with Crippen molar-refractivity contribution in [3.05, 3.63) is 66.5 Å². The Kier molecular flexibility index (Phi) is 4.62. The van der Waals surface area contributed by atoms with Crippen molar-refractivity contribution in [2.24, 2.45) is 5.92 Å². The van der Waals surface area contributed by atoms with E-state index >= 15 is 0 Å². The van der Waals surface area contributed by atoms with E-state index < -0.39 is 0 Å². The van der Waals surface area contributed by atoms with Crippen LogP contribution >= 0.6 is 0 Å². The molecule has 0 saturated carbocycles. The van der Waals surface area contributed by atoms with Gasteiger partial charge in [-0.15, -0.1) is 0 Å². The molecule has 0 amide bonds. The number of aromatic nitrogens is 5. The summed E-state index contributed by atoms with van der Waals surface area (Å²) in [7, 11) is 0. The van der Waals surface area contributed by atoms with Crippen LogP contribution in [-0.2, 0) is 13.0 Å². The van der Waals surface area contributed by atoms with E-state index in [9.17, 15) is 0 Å². The van der Waals surface area contributed by atoms with Crippen LogP contribution in [0.5, 0.6) is 0 Å². The Bertz CT molecular complexity index is 1050. The summed E-state index contributed by atoms with van der Waals surface area (Å²) in [4.78, 5) is 22.5. The maximum atomic E-state index is 4.77. The normalized spacial score (nSPS) is 17.9. The van der Waals surface area contributed by atoms with Crippen LogP contribution in [0.25, 0.3) is 22.4 Å². The van der Waals surface area contributed by atoms with Crippen LogP contribution in [0, 0.1) is 5.92 Å². The van der Waals surface area contributed by atoms with Gasteiger partial charge in [0.25, 0.3) is 0 Å². The average molecular weight is 372 g/mol. The highest BCUT2D eigenvalue weighted by molar-refractivity contribution is 5.82. The monoisotopic (exact) mass is 372 g/mol. The van der Waals surface area contributed by atoms with E-state index in [1.54, 1.807) is 12.4 Å². The molecule has 6 nitrogen and oxygen atoms in total. The Balaban J connectivity index is 1.27. The Hall–Kier alpha value is -2.99. The topological polar surface area (TPSA) is 73.5 Å². The first kappa shape index (κ1) is 17.1. The number of benzene rings is 1. The maximum Gasteiger partial charge on any atom is 0.157 e. The molecule has 1 aliphatic heterocycles. The summed E-state index contributed by atoms with van der Waals surface area (Å²) in [6.07, 6.45) is 12.8.